The second-order valence-electron chi connectivity index (χ2n) is 6.10. The van der Waals surface area contributed by atoms with Crippen molar-refractivity contribution in [3.05, 3.63) is 42.0 Å². The summed E-state index contributed by atoms with van der Waals surface area (Å²) in [6, 6.07) is 15.1. The Hall–Kier alpha value is -2.01. The molecule has 1 aliphatic rings. The molecule has 3 rings (SSSR count). The molecule has 1 saturated carbocycles. The minimum atomic E-state index is 0.569. The van der Waals surface area contributed by atoms with Gasteiger partial charge in [0.2, 0.25) is 0 Å². The average molecular weight is 278 g/mol. The van der Waals surface area contributed by atoms with Crippen molar-refractivity contribution >= 4 is 16.5 Å². The third-order valence-corrected chi connectivity index (χ3v) is 4.76. The Morgan fingerprint density at radius 3 is 2.71 bits per heavy atom. The molecule has 108 valence electrons. The quantitative estimate of drug-likeness (QED) is 0.848. The van der Waals surface area contributed by atoms with Gasteiger partial charge in [-0.3, -0.25) is 0 Å². The van der Waals surface area contributed by atoms with Crippen molar-refractivity contribution in [2.24, 2.45) is 5.92 Å². The van der Waals surface area contributed by atoms with Gasteiger partial charge < -0.3 is 5.32 Å². The largest absolute Gasteiger partial charge is 0.382 e. The first-order chi connectivity index (χ1) is 10.3. The number of nitriles is 1. The standard InChI is InChI=1S/C19H22N2/c1-2-14-6-5-7-16(12-14)21-19-11-10-15(13-20)17-8-3-4-9-18(17)19/h3-4,8-11,14,16,21H,2,5-7,12H2,1H3. The molecule has 2 atom stereocenters. The van der Waals surface area contributed by atoms with E-state index in [0.29, 0.717) is 6.04 Å². The van der Waals surface area contributed by atoms with Crippen molar-refractivity contribution in [3.8, 4) is 6.07 Å². The van der Waals surface area contributed by atoms with E-state index in [4.69, 9.17) is 0 Å². The highest BCUT2D eigenvalue weighted by Crippen LogP contribution is 2.32. The van der Waals surface area contributed by atoms with Crippen molar-refractivity contribution in [3.63, 3.8) is 0 Å². The fourth-order valence-corrected chi connectivity index (χ4v) is 3.54. The Kier molecular flexibility index (Phi) is 4.10. The van der Waals surface area contributed by atoms with Gasteiger partial charge in [-0.25, -0.2) is 0 Å². The number of nitrogens with one attached hydrogen (secondary N) is 1. The molecule has 1 N–H and O–H groups in total. The van der Waals surface area contributed by atoms with Crippen LogP contribution in [0.25, 0.3) is 10.8 Å². The Labute approximate surface area is 126 Å². The molecule has 0 bridgehead atoms. The van der Waals surface area contributed by atoms with Crippen molar-refractivity contribution < 1.29 is 0 Å². The van der Waals surface area contributed by atoms with E-state index < -0.39 is 0 Å². The van der Waals surface area contributed by atoms with Gasteiger partial charge in [-0.2, -0.15) is 5.26 Å². The topological polar surface area (TPSA) is 35.8 Å². The average Bonchev–Trinajstić information content (AvgIpc) is 2.55. The fourth-order valence-electron chi connectivity index (χ4n) is 3.54. The Morgan fingerprint density at radius 2 is 1.95 bits per heavy atom. The summed E-state index contributed by atoms with van der Waals surface area (Å²) in [6.45, 7) is 2.30. The Balaban J connectivity index is 1.89. The first-order valence-electron chi connectivity index (χ1n) is 8.00. The first kappa shape index (κ1) is 13.9. The molecule has 0 heterocycles. The highest BCUT2D eigenvalue weighted by molar-refractivity contribution is 5.97. The molecule has 2 heteroatoms. The third-order valence-electron chi connectivity index (χ3n) is 4.76. The van der Waals surface area contributed by atoms with Gasteiger partial charge in [0.15, 0.2) is 0 Å². The summed E-state index contributed by atoms with van der Waals surface area (Å²) >= 11 is 0. The van der Waals surface area contributed by atoms with Crippen molar-refractivity contribution in [2.45, 2.75) is 45.1 Å². The Bertz CT molecular complexity index is 669. The summed E-state index contributed by atoms with van der Waals surface area (Å²) in [5.74, 6) is 0.862. The van der Waals surface area contributed by atoms with Gasteiger partial charge in [0.05, 0.1) is 11.6 Å². The molecule has 2 aromatic carbocycles. The highest BCUT2D eigenvalue weighted by Gasteiger charge is 2.21. The zero-order chi connectivity index (χ0) is 14.7. The number of nitrogens with zero attached hydrogens (tertiary/aromatic N) is 1. The lowest BCUT2D eigenvalue weighted by molar-refractivity contribution is 0.327. The van der Waals surface area contributed by atoms with Crippen molar-refractivity contribution in [1.82, 2.24) is 0 Å². The highest BCUT2D eigenvalue weighted by atomic mass is 14.9. The van der Waals surface area contributed by atoms with E-state index in [0.717, 1.165) is 22.3 Å². The molecule has 0 spiro atoms. The van der Waals surface area contributed by atoms with Crippen molar-refractivity contribution in [2.75, 3.05) is 5.32 Å². The van der Waals surface area contributed by atoms with Crippen LogP contribution in [0.1, 0.15) is 44.6 Å². The van der Waals surface area contributed by atoms with Crippen molar-refractivity contribution in [1.29, 1.82) is 5.26 Å². The maximum atomic E-state index is 9.24. The zero-order valence-electron chi connectivity index (χ0n) is 12.6. The Morgan fingerprint density at radius 1 is 1.14 bits per heavy atom. The van der Waals surface area contributed by atoms with Gasteiger partial charge in [0, 0.05) is 22.5 Å². The number of hydrogen-bond acceptors (Lipinski definition) is 2. The van der Waals surface area contributed by atoms with Crippen LogP contribution in [0.2, 0.25) is 0 Å². The van der Waals surface area contributed by atoms with Crippen LogP contribution in [0, 0.1) is 17.2 Å². The molecule has 0 radical (unpaired) electrons. The van der Waals surface area contributed by atoms with E-state index in [1.54, 1.807) is 0 Å². The molecule has 1 aliphatic carbocycles. The van der Waals surface area contributed by atoms with E-state index in [2.05, 4.69) is 30.4 Å². The van der Waals surface area contributed by atoms with Crippen LogP contribution in [0.4, 0.5) is 5.69 Å². The second-order valence-corrected chi connectivity index (χ2v) is 6.10. The normalized spacial score (nSPS) is 21.9. The smallest absolute Gasteiger partial charge is 0.0998 e. The summed E-state index contributed by atoms with van der Waals surface area (Å²) in [5.41, 5.74) is 1.93. The number of benzene rings is 2. The van der Waals surface area contributed by atoms with Crippen LogP contribution in [0.3, 0.4) is 0 Å². The van der Waals surface area contributed by atoms with E-state index in [9.17, 15) is 5.26 Å². The summed E-state index contributed by atoms with van der Waals surface area (Å²) in [6.07, 6.45) is 6.51. The molecular formula is C19H22N2. The van der Waals surface area contributed by atoms with Gasteiger partial charge in [-0.1, -0.05) is 50.5 Å². The maximum Gasteiger partial charge on any atom is 0.0998 e. The minimum Gasteiger partial charge on any atom is -0.382 e. The van der Waals surface area contributed by atoms with Gasteiger partial charge in [-0.15, -0.1) is 0 Å². The van der Waals surface area contributed by atoms with E-state index >= 15 is 0 Å². The third kappa shape index (κ3) is 2.88. The number of anilines is 1. The van der Waals surface area contributed by atoms with E-state index in [-0.39, 0.29) is 0 Å². The van der Waals surface area contributed by atoms with Crippen LogP contribution in [-0.2, 0) is 0 Å². The molecule has 0 aliphatic heterocycles. The summed E-state index contributed by atoms with van der Waals surface area (Å²) in [4.78, 5) is 0. The SMILES string of the molecule is CCC1CCCC(Nc2ccc(C#N)c3ccccc23)C1. The van der Waals surface area contributed by atoms with Gasteiger partial charge in [0.1, 0.15) is 0 Å². The lowest BCUT2D eigenvalue weighted by Crippen LogP contribution is -2.27. The maximum absolute atomic E-state index is 9.24. The lowest BCUT2D eigenvalue weighted by atomic mass is 9.84. The second kappa shape index (κ2) is 6.18. The minimum absolute atomic E-state index is 0.569. The molecule has 2 aromatic rings. The van der Waals surface area contributed by atoms with Gasteiger partial charge in [-0.05, 0) is 30.9 Å². The molecule has 0 amide bonds. The molecule has 2 nitrogen and oxygen atoms in total. The molecular weight excluding hydrogens is 256 g/mol. The van der Waals surface area contributed by atoms with Crippen LogP contribution in [0.5, 0.6) is 0 Å². The zero-order valence-corrected chi connectivity index (χ0v) is 12.6. The fraction of sp³-hybridized carbons (Fsp3) is 0.421. The van der Waals surface area contributed by atoms with E-state index in [1.807, 2.05) is 24.3 Å². The molecule has 0 aromatic heterocycles. The predicted molar refractivity (Wildman–Crippen MR) is 88.3 cm³/mol. The van der Waals surface area contributed by atoms with Crippen LogP contribution in [0.15, 0.2) is 36.4 Å². The van der Waals surface area contributed by atoms with Gasteiger partial charge >= 0.3 is 0 Å². The number of fused-ring (bicyclic) bond motifs is 1. The van der Waals surface area contributed by atoms with Crippen LogP contribution < -0.4 is 5.32 Å². The first-order valence-corrected chi connectivity index (χ1v) is 8.00. The summed E-state index contributed by atoms with van der Waals surface area (Å²) < 4.78 is 0. The number of hydrogen-bond donors (Lipinski definition) is 1. The monoisotopic (exact) mass is 278 g/mol. The van der Waals surface area contributed by atoms with Gasteiger partial charge in [0.25, 0.3) is 0 Å². The number of rotatable bonds is 3. The molecule has 1 fully saturated rings. The van der Waals surface area contributed by atoms with Crippen LogP contribution in [-0.4, -0.2) is 6.04 Å². The predicted octanol–water partition coefficient (Wildman–Crippen LogP) is 5.09. The summed E-state index contributed by atoms with van der Waals surface area (Å²) in [5, 5.41) is 15.2. The summed E-state index contributed by atoms with van der Waals surface area (Å²) in [7, 11) is 0. The lowest BCUT2D eigenvalue weighted by Gasteiger charge is -2.30. The van der Waals surface area contributed by atoms with Crippen LogP contribution >= 0.6 is 0 Å². The van der Waals surface area contributed by atoms with E-state index in [1.165, 1.54) is 37.8 Å². The molecule has 0 saturated heterocycles. The molecule has 21 heavy (non-hydrogen) atoms. The molecule has 2 unspecified atom stereocenters.